The number of hydrogen-bond donors (Lipinski definition) is 1. The summed E-state index contributed by atoms with van der Waals surface area (Å²) < 4.78 is 16.4. The average Bonchev–Trinajstić information content (AvgIpc) is 3.31. The number of hydrogen-bond acceptors (Lipinski definition) is 6. The average molecular weight is 486 g/mol. The molecule has 3 aromatic carbocycles. The molecule has 1 aliphatic heterocycles. The van der Waals surface area contributed by atoms with Gasteiger partial charge in [0, 0.05) is 42.8 Å². The van der Waals surface area contributed by atoms with Crippen molar-refractivity contribution in [2.45, 2.75) is 0 Å². The van der Waals surface area contributed by atoms with Crippen molar-refractivity contribution in [2.75, 3.05) is 50.6 Å². The molecule has 4 aromatic rings. The maximum Gasteiger partial charge on any atom is 0.291 e. The van der Waals surface area contributed by atoms with Gasteiger partial charge in [-0.3, -0.25) is 9.59 Å². The third-order valence-corrected chi connectivity index (χ3v) is 6.36. The van der Waals surface area contributed by atoms with Gasteiger partial charge in [0.2, 0.25) is 5.76 Å². The Morgan fingerprint density at radius 3 is 2.28 bits per heavy atom. The van der Waals surface area contributed by atoms with Crippen LogP contribution in [0.15, 0.2) is 77.2 Å². The first kappa shape index (κ1) is 23.3. The number of furan rings is 1. The second kappa shape index (κ2) is 10.0. The quantitative estimate of drug-likeness (QED) is 0.428. The summed E-state index contributed by atoms with van der Waals surface area (Å²) in [6, 6.07) is 22.0. The fourth-order valence-corrected chi connectivity index (χ4v) is 4.37. The van der Waals surface area contributed by atoms with E-state index < -0.39 is 0 Å². The Morgan fingerprint density at radius 1 is 0.833 bits per heavy atom. The number of nitrogens with zero attached hydrogens (tertiary/aromatic N) is 2. The summed E-state index contributed by atoms with van der Waals surface area (Å²) in [4.78, 5) is 30.6. The number of amides is 2. The molecular weight excluding hydrogens is 458 g/mol. The fourth-order valence-electron chi connectivity index (χ4n) is 4.37. The highest BCUT2D eigenvalue weighted by molar-refractivity contribution is 6.14. The van der Waals surface area contributed by atoms with Gasteiger partial charge in [0.15, 0.2) is 0 Å². The van der Waals surface area contributed by atoms with Crippen molar-refractivity contribution in [1.29, 1.82) is 0 Å². The van der Waals surface area contributed by atoms with Crippen LogP contribution in [0.5, 0.6) is 11.5 Å². The minimum atomic E-state index is -0.348. The summed E-state index contributed by atoms with van der Waals surface area (Å²) >= 11 is 0. The number of ether oxygens (including phenoxy) is 2. The molecule has 1 aromatic heterocycles. The zero-order valence-electron chi connectivity index (χ0n) is 20.2. The highest BCUT2D eigenvalue weighted by atomic mass is 16.5. The van der Waals surface area contributed by atoms with Crippen LogP contribution in [0.3, 0.4) is 0 Å². The number of anilines is 2. The number of nitrogens with one attached hydrogen (secondary N) is 1. The van der Waals surface area contributed by atoms with Gasteiger partial charge < -0.3 is 29.0 Å². The smallest absolute Gasteiger partial charge is 0.291 e. The summed E-state index contributed by atoms with van der Waals surface area (Å²) in [5, 5.41) is 3.58. The van der Waals surface area contributed by atoms with E-state index in [1.807, 2.05) is 42.5 Å². The Hall–Kier alpha value is -4.46. The van der Waals surface area contributed by atoms with Crippen molar-refractivity contribution in [3.63, 3.8) is 0 Å². The molecule has 8 heteroatoms. The Kier molecular flexibility index (Phi) is 6.49. The number of piperazine rings is 1. The van der Waals surface area contributed by atoms with E-state index in [-0.39, 0.29) is 17.6 Å². The molecule has 1 saturated heterocycles. The van der Waals surface area contributed by atoms with Crippen LogP contribution >= 0.6 is 0 Å². The number of methoxy groups -OCH3 is 2. The van der Waals surface area contributed by atoms with Crippen LogP contribution in [0, 0.1) is 0 Å². The van der Waals surface area contributed by atoms with E-state index >= 15 is 0 Å². The van der Waals surface area contributed by atoms with E-state index in [9.17, 15) is 9.59 Å². The Morgan fingerprint density at radius 2 is 1.56 bits per heavy atom. The van der Waals surface area contributed by atoms with Gasteiger partial charge in [-0.2, -0.15) is 0 Å². The van der Waals surface area contributed by atoms with Gasteiger partial charge in [0.25, 0.3) is 11.8 Å². The fraction of sp³-hybridized carbons (Fsp3) is 0.214. The molecule has 1 aliphatic rings. The van der Waals surface area contributed by atoms with Gasteiger partial charge in [-0.05, 0) is 54.6 Å². The van der Waals surface area contributed by atoms with Crippen molar-refractivity contribution in [2.24, 2.45) is 0 Å². The predicted octanol–water partition coefficient (Wildman–Crippen LogP) is 4.66. The minimum absolute atomic E-state index is 0.130. The lowest BCUT2D eigenvalue weighted by atomic mass is 10.1. The number of carbonyl (C=O) groups is 2. The van der Waals surface area contributed by atoms with Crippen LogP contribution in [0.1, 0.15) is 20.9 Å². The van der Waals surface area contributed by atoms with Crippen molar-refractivity contribution >= 4 is 34.2 Å². The Balaban J connectivity index is 1.36. The van der Waals surface area contributed by atoms with E-state index in [0.29, 0.717) is 54.1 Å². The molecule has 1 N–H and O–H groups in total. The first-order chi connectivity index (χ1) is 17.6. The highest BCUT2D eigenvalue weighted by Gasteiger charge is 2.29. The van der Waals surface area contributed by atoms with Gasteiger partial charge in [0.05, 0.1) is 14.2 Å². The molecule has 2 heterocycles. The number of para-hydroxylation sites is 1. The number of fused-ring (bicyclic) bond motifs is 1. The summed E-state index contributed by atoms with van der Waals surface area (Å²) in [7, 11) is 3.19. The molecule has 0 spiro atoms. The Labute approximate surface area is 209 Å². The monoisotopic (exact) mass is 485 g/mol. The summed E-state index contributed by atoms with van der Waals surface area (Å²) in [5.74, 6) is 0.914. The molecule has 0 radical (unpaired) electrons. The molecular formula is C28H27N3O5. The third-order valence-electron chi connectivity index (χ3n) is 6.36. The zero-order valence-corrected chi connectivity index (χ0v) is 20.2. The summed E-state index contributed by atoms with van der Waals surface area (Å²) in [5.41, 5.74) is 2.42. The van der Waals surface area contributed by atoms with Crippen molar-refractivity contribution in [3.8, 4) is 11.5 Å². The molecule has 0 bridgehead atoms. The Bertz CT molecular complexity index is 1390. The summed E-state index contributed by atoms with van der Waals surface area (Å²) in [6.07, 6.45) is 0. The second-order valence-electron chi connectivity index (χ2n) is 8.47. The van der Waals surface area contributed by atoms with E-state index in [1.165, 1.54) is 0 Å². The van der Waals surface area contributed by atoms with Crippen LogP contribution in [-0.2, 0) is 0 Å². The second-order valence-corrected chi connectivity index (χ2v) is 8.47. The first-order valence-corrected chi connectivity index (χ1v) is 11.7. The van der Waals surface area contributed by atoms with Crippen molar-refractivity contribution in [1.82, 2.24) is 4.90 Å². The van der Waals surface area contributed by atoms with Gasteiger partial charge in [-0.15, -0.1) is 0 Å². The first-order valence-electron chi connectivity index (χ1n) is 11.7. The van der Waals surface area contributed by atoms with E-state index in [2.05, 4.69) is 10.2 Å². The molecule has 5 rings (SSSR count). The van der Waals surface area contributed by atoms with Crippen molar-refractivity contribution in [3.05, 3.63) is 84.1 Å². The SMILES string of the molecule is COc1ccc(N2CCN(C(=O)c3oc4ccccc4c3NC(=O)c3cccc(OC)c3)CC2)cc1. The number of rotatable bonds is 6. The molecule has 2 amide bonds. The van der Waals surface area contributed by atoms with E-state index in [4.69, 9.17) is 13.9 Å². The van der Waals surface area contributed by atoms with Gasteiger partial charge in [-0.25, -0.2) is 0 Å². The van der Waals surface area contributed by atoms with Gasteiger partial charge in [-0.1, -0.05) is 18.2 Å². The maximum absolute atomic E-state index is 13.6. The summed E-state index contributed by atoms with van der Waals surface area (Å²) in [6.45, 7) is 2.43. The van der Waals surface area contributed by atoms with Crippen LogP contribution in [-0.4, -0.2) is 57.1 Å². The highest BCUT2D eigenvalue weighted by Crippen LogP contribution is 2.33. The molecule has 184 valence electrons. The number of carbonyl (C=O) groups excluding carboxylic acids is 2. The van der Waals surface area contributed by atoms with Crippen molar-refractivity contribution < 1.29 is 23.5 Å². The zero-order chi connectivity index (χ0) is 25.1. The molecule has 0 aliphatic carbocycles. The third kappa shape index (κ3) is 4.57. The predicted molar refractivity (Wildman–Crippen MR) is 138 cm³/mol. The molecule has 0 atom stereocenters. The van der Waals surface area contributed by atoms with Crippen LogP contribution in [0.2, 0.25) is 0 Å². The molecule has 0 unspecified atom stereocenters. The molecule has 1 fully saturated rings. The van der Waals surface area contributed by atoms with Crippen LogP contribution in [0.4, 0.5) is 11.4 Å². The van der Waals surface area contributed by atoms with Crippen LogP contribution in [0.25, 0.3) is 11.0 Å². The molecule has 8 nitrogen and oxygen atoms in total. The lowest BCUT2D eigenvalue weighted by Gasteiger charge is -2.35. The lowest BCUT2D eigenvalue weighted by molar-refractivity contribution is 0.0718. The van der Waals surface area contributed by atoms with Gasteiger partial charge >= 0.3 is 0 Å². The normalized spacial score (nSPS) is 13.5. The largest absolute Gasteiger partial charge is 0.497 e. The standard InChI is InChI=1S/C28H27N3O5/c1-34-21-12-10-20(11-13-21)30-14-16-31(17-15-30)28(33)26-25(23-8-3-4-9-24(23)36-26)29-27(32)19-6-5-7-22(18-19)35-2/h3-13,18H,14-17H2,1-2H3,(H,29,32). The topological polar surface area (TPSA) is 84.3 Å². The maximum atomic E-state index is 13.6. The lowest BCUT2D eigenvalue weighted by Crippen LogP contribution is -2.48. The van der Waals surface area contributed by atoms with Crippen LogP contribution < -0.4 is 19.7 Å². The van der Waals surface area contributed by atoms with E-state index in [1.54, 1.807) is 49.5 Å². The number of benzene rings is 3. The van der Waals surface area contributed by atoms with Gasteiger partial charge in [0.1, 0.15) is 22.8 Å². The minimum Gasteiger partial charge on any atom is -0.497 e. The van der Waals surface area contributed by atoms with E-state index in [0.717, 1.165) is 11.4 Å². The molecule has 0 saturated carbocycles. The molecule has 36 heavy (non-hydrogen) atoms.